The Morgan fingerprint density at radius 2 is 1.83 bits per heavy atom. The maximum atomic E-state index is 13.1. The van der Waals surface area contributed by atoms with E-state index in [2.05, 4.69) is 10.3 Å². The van der Waals surface area contributed by atoms with Crippen LogP contribution in [0, 0.1) is 13.8 Å². The number of aliphatic hydroxyl groups excluding tert-OH is 1. The number of amides is 1. The fraction of sp³-hybridized carbons (Fsp3) is 0.227. The van der Waals surface area contributed by atoms with Crippen LogP contribution in [-0.2, 0) is 17.8 Å². The predicted molar refractivity (Wildman–Crippen MR) is 114 cm³/mol. The summed E-state index contributed by atoms with van der Waals surface area (Å²) in [5.41, 5.74) is 2.88. The Morgan fingerprint density at radius 3 is 2.48 bits per heavy atom. The predicted octanol–water partition coefficient (Wildman–Crippen LogP) is 3.35. The molecule has 150 valence electrons. The zero-order chi connectivity index (χ0) is 21.0. The van der Waals surface area contributed by atoms with Crippen molar-refractivity contribution in [1.82, 2.24) is 9.55 Å². The van der Waals surface area contributed by atoms with E-state index in [0.717, 1.165) is 5.56 Å². The van der Waals surface area contributed by atoms with Crippen LogP contribution in [-0.4, -0.2) is 27.2 Å². The van der Waals surface area contributed by atoms with Gasteiger partial charge in [-0.15, -0.1) is 0 Å². The number of nitrogens with one attached hydrogen (secondary N) is 1. The molecule has 7 heteroatoms. The first-order valence-corrected chi connectivity index (χ1v) is 9.61. The summed E-state index contributed by atoms with van der Waals surface area (Å²) in [6.45, 7) is 3.25. The molecule has 3 rings (SSSR count). The lowest BCUT2D eigenvalue weighted by Crippen LogP contribution is -2.33. The third kappa shape index (κ3) is 4.72. The van der Waals surface area contributed by atoms with Gasteiger partial charge in [-0.3, -0.25) is 14.2 Å². The molecule has 0 aliphatic heterocycles. The Bertz CT molecular complexity index is 1090. The molecule has 0 atom stereocenters. The number of hydrogen-bond acceptors (Lipinski definition) is 4. The van der Waals surface area contributed by atoms with Crippen LogP contribution in [0.1, 0.15) is 16.8 Å². The minimum absolute atomic E-state index is 0.173. The van der Waals surface area contributed by atoms with E-state index in [9.17, 15) is 14.7 Å². The number of para-hydroxylation sites is 1. The topological polar surface area (TPSA) is 84.2 Å². The summed E-state index contributed by atoms with van der Waals surface area (Å²) in [4.78, 5) is 30.4. The van der Waals surface area contributed by atoms with Gasteiger partial charge in [0.1, 0.15) is 12.4 Å². The van der Waals surface area contributed by atoms with Crippen LogP contribution in [0.25, 0.3) is 11.4 Å². The zero-order valence-electron chi connectivity index (χ0n) is 16.3. The van der Waals surface area contributed by atoms with Crippen molar-refractivity contribution in [3.63, 3.8) is 0 Å². The maximum absolute atomic E-state index is 13.1. The molecule has 0 fully saturated rings. The van der Waals surface area contributed by atoms with Crippen molar-refractivity contribution in [1.29, 1.82) is 0 Å². The quantitative estimate of drug-likeness (QED) is 0.651. The number of benzene rings is 2. The second kappa shape index (κ2) is 9.03. The second-order valence-corrected chi connectivity index (χ2v) is 7.17. The van der Waals surface area contributed by atoms with Gasteiger partial charge in [0.05, 0.1) is 0 Å². The molecule has 0 aliphatic carbocycles. The first-order valence-electron chi connectivity index (χ1n) is 9.23. The van der Waals surface area contributed by atoms with Gasteiger partial charge in [0.2, 0.25) is 5.91 Å². The van der Waals surface area contributed by atoms with Crippen molar-refractivity contribution in [2.75, 3.05) is 11.9 Å². The molecular formula is C22H22ClN3O3. The minimum Gasteiger partial charge on any atom is -0.396 e. The molecule has 6 nitrogen and oxygen atoms in total. The standard InChI is InChI=1S/C22H22ClN3O3/c1-14-5-3-4-6-19(14)25-20(28)13-26-21(16-7-9-17(23)10-8-16)24-15(2)18(11-12-27)22(26)29/h3-10,27H,11-13H2,1-2H3,(H,25,28). The summed E-state index contributed by atoms with van der Waals surface area (Å²) in [7, 11) is 0. The molecule has 0 saturated heterocycles. The number of aryl methyl sites for hydroxylation is 2. The molecule has 0 radical (unpaired) electrons. The molecule has 0 aliphatic rings. The molecule has 0 spiro atoms. The lowest BCUT2D eigenvalue weighted by molar-refractivity contribution is -0.116. The summed E-state index contributed by atoms with van der Waals surface area (Å²) in [5.74, 6) is 0.0444. The van der Waals surface area contributed by atoms with Gasteiger partial charge in [-0.05, 0) is 49.7 Å². The van der Waals surface area contributed by atoms with Gasteiger partial charge in [0, 0.05) is 40.6 Å². The fourth-order valence-electron chi connectivity index (χ4n) is 3.11. The Morgan fingerprint density at radius 1 is 1.14 bits per heavy atom. The molecule has 1 amide bonds. The molecule has 3 aromatic rings. The van der Waals surface area contributed by atoms with Crippen molar-refractivity contribution >= 4 is 23.2 Å². The first-order chi connectivity index (χ1) is 13.9. The minimum atomic E-state index is -0.337. The molecule has 0 bridgehead atoms. The highest BCUT2D eigenvalue weighted by molar-refractivity contribution is 6.30. The lowest BCUT2D eigenvalue weighted by atomic mass is 10.1. The van der Waals surface area contributed by atoms with Gasteiger partial charge in [0.15, 0.2) is 0 Å². The zero-order valence-corrected chi connectivity index (χ0v) is 17.0. The number of carbonyl (C=O) groups is 1. The van der Waals surface area contributed by atoms with Crippen LogP contribution in [0.3, 0.4) is 0 Å². The highest BCUT2D eigenvalue weighted by atomic mass is 35.5. The maximum Gasteiger partial charge on any atom is 0.257 e. The summed E-state index contributed by atoms with van der Waals surface area (Å²) in [6, 6.07) is 14.3. The Kier molecular flexibility index (Phi) is 6.46. The summed E-state index contributed by atoms with van der Waals surface area (Å²) in [6.07, 6.45) is 0.179. The first kappa shape index (κ1) is 20.8. The average molecular weight is 412 g/mol. The lowest BCUT2D eigenvalue weighted by Gasteiger charge is -2.16. The van der Waals surface area contributed by atoms with E-state index < -0.39 is 0 Å². The van der Waals surface area contributed by atoms with E-state index >= 15 is 0 Å². The van der Waals surface area contributed by atoms with Gasteiger partial charge < -0.3 is 10.4 Å². The van der Waals surface area contributed by atoms with Crippen molar-refractivity contribution in [3.05, 3.63) is 80.7 Å². The number of halogens is 1. The number of hydrogen-bond donors (Lipinski definition) is 2. The summed E-state index contributed by atoms with van der Waals surface area (Å²) in [5, 5.41) is 12.7. The third-order valence-electron chi connectivity index (χ3n) is 4.65. The smallest absolute Gasteiger partial charge is 0.257 e. The van der Waals surface area contributed by atoms with E-state index in [4.69, 9.17) is 11.6 Å². The van der Waals surface area contributed by atoms with E-state index in [1.807, 2.05) is 25.1 Å². The number of anilines is 1. The highest BCUT2D eigenvalue weighted by Crippen LogP contribution is 2.21. The summed E-state index contributed by atoms with van der Waals surface area (Å²) < 4.78 is 1.34. The SMILES string of the molecule is Cc1ccccc1NC(=O)Cn1c(-c2ccc(Cl)cc2)nc(C)c(CCO)c1=O. The number of aliphatic hydroxyl groups is 1. The molecule has 0 saturated carbocycles. The van der Waals surface area contributed by atoms with Gasteiger partial charge in [0.25, 0.3) is 5.56 Å². The fourth-order valence-corrected chi connectivity index (χ4v) is 3.24. The van der Waals surface area contributed by atoms with E-state index in [0.29, 0.717) is 33.4 Å². The van der Waals surface area contributed by atoms with Crippen LogP contribution in [0.5, 0.6) is 0 Å². The highest BCUT2D eigenvalue weighted by Gasteiger charge is 2.18. The molecule has 1 heterocycles. The van der Waals surface area contributed by atoms with Gasteiger partial charge in [-0.2, -0.15) is 0 Å². The second-order valence-electron chi connectivity index (χ2n) is 6.73. The number of carbonyl (C=O) groups excluding carboxylic acids is 1. The number of rotatable bonds is 6. The van der Waals surface area contributed by atoms with Gasteiger partial charge in [-0.25, -0.2) is 4.98 Å². The largest absolute Gasteiger partial charge is 0.396 e. The normalized spacial score (nSPS) is 10.8. The van der Waals surface area contributed by atoms with Crippen LogP contribution in [0.4, 0.5) is 5.69 Å². The molecule has 29 heavy (non-hydrogen) atoms. The molecular weight excluding hydrogens is 390 g/mol. The number of nitrogens with zero attached hydrogens (tertiary/aromatic N) is 2. The van der Waals surface area contributed by atoms with Crippen LogP contribution in [0.2, 0.25) is 5.02 Å². The van der Waals surface area contributed by atoms with Crippen molar-refractivity contribution in [3.8, 4) is 11.4 Å². The van der Waals surface area contributed by atoms with Crippen molar-refractivity contribution in [2.45, 2.75) is 26.8 Å². The van der Waals surface area contributed by atoms with Crippen LogP contribution in [0.15, 0.2) is 53.3 Å². The van der Waals surface area contributed by atoms with E-state index in [-0.39, 0.29) is 31.0 Å². The third-order valence-corrected chi connectivity index (χ3v) is 4.91. The molecule has 2 aromatic carbocycles. The van der Waals surface area contributed by atoms with Gasteiger partial charge >= 0.3 is 0 Å². The monoisotopic (exact) mass is 411 g/mol. The summed E-state index contributed by atoms with van der Waals surface area (Å²) >= 11 is 5.98. The van der Waals surface area contributed by atoms with Crippen molar-refractivity contribution in [2.24, 2.45) is 0 Å². The van der Waals surface area contributed by atoms with Gasteiger partial charge in [-0.1, -0.05) is 29.8 Å². The Labute approximate surface area is 173 Å². The number of aromatic nitrogens is 2. The molecule has 2 N–H and O–H groups in total. The average Bonchev–Trinajstić information content (AvgIpc) is 2.69. The molecule has 1 aromatic heterocycles. The Balaban J connectivity index is 2.03. The van der Waals surface area contributed by atoms with E-state index in [1.54, 1.807) is 37.3 Å². The van der Waals surface area contributed by atoms with Crippen molar-refractivity contribution < 1.29 is 9.90 Å². The van der Waals surface area contributed by atoms with Crippen LogP contribution < -0.4 is 10.9 Å². The van der Waals surface area contributed by atoms with Crippen LogP contribution >= 0.6 is 11.6 Å². The van der Waals surface area contributed by atoms with E-state index in [1.165, 1.54) is 4.57 Å². The Hall–Kier alpha value is -2.96. The molecule has 0 unspecified atom stereocenters.